The van der Waals surface area contributed by atoms with Gasteiger partial charge >= 0.3 is 5.97 Å². The van der Waals surface area contributed by atoms with Crippen LogP contribution in [0.4, 0.5) is 0 Å². The van der Waals surface area contributed by atoms with Crippen LogP contribution in [0.2, 0.25) is 0 Å². The third-order valence-electron chi connectivity index (χ3n) is 3.30. The number of carboxylic acid groups (broad SMARTS) is 1. The number of hydrogen-bond acceptors (Lipinski definition) is 3. The summed E-state index contributed by atoms with van der Waals surface area (Å²) in [6.45, 7) is 1.30. The van der Waals surface area contributed by atoms with Gasteiger partial charge in [-0.1, -0.05) is 30.3 Å². The van der Waals surface area contributed by atoms with Crippen molar-refractivity contribution in [1.82, 2.24) is 5.32 Å². The van der Waals surface area contributed by atoms with E-state index in [0.29, 0.717) is 5.75 Å². The van der Waals surface area contributed by atoms with Gasteiger partial charge in [0.25, 0.3) is 0 Å². The van der Waals surface area contributed by atoms with Crippen LogP contribution in [0.3, 0.4) is 0 Å². The van der Waals surface area contributed by atoms with Crippen molar-refractivity contribution in [3.05, 3.63) is 42.0 Å². The fourth-order valence-corrected chi connectivity index (χ4v) is 2.37. The van der Waals surface area contributed by atoms with Gasteiger partial charge in [0, 0.05) is 18.9 Å². The summed E-state index contributed by atoms with van der Waals surface area (Å²) in [7, 11) is 1.54. The molecule has 1 amide bonds. The molecule has 0 saturated heterocycles. The second-order valence-electron chi connectivity index (χ2n) is 4.76. The molecule has 110 valence electrons. The number of hydrogen-bond donors (Lipinski definition) is 2. The Morgan fingerprint density at radius 3 is 2.57 bits per heavy atom. The lowest BCUT2D eigenvalue weighted by Gasteiger charge is -2.17. The Kier molecular flexibility index (Phi) is 4.42. The summed E-state index contributed by atoms with van der Waals surface area (Å²) in [5.74, 6) is -0.827. The van der Waals surface area contributed by atoms with Crippen molar-refractivity contribution in [2.75, 3.05) is 7.11 Å². The van der Waals surface area contributed by atoms with E-state index in [-0.39, 0.29) is 12.3 Å². The Hall–Kier alpha value is -2.56. The molecule has 2 N–H and O–H groups in total. The van der Waals surface area contributed by atoms with Crippen LogP contribution in [-0.2, 0) is 16.0 Å². The number of nitrogens with one attached hydrogen (secondary N) is 1. The summed E-state index contributed by atoms with van der Waals surface area (Å²) >= 11 is 0. The Morgan fingerprint density at radius 2 is 1.95 bits per heavy atom. The average molecular weight is 287 g/mol. The highest BCUT2D eigenvalue weighted by Gasteiger charge is 2.22. The van der Waals surface area contributed by atoms with Gasteiger partial charge in [-0.2, -0.15) is 0 Å². The van der Waals surface area contributed by atoms with E-state index in [1.165, 1.54) is 6.92 Å². The Labute approximate surface area is 122 Å². The summed E-state index contributed by atoms with van der Waals surface area (Å²) in [4.78, 5) is 22.5. The van der Waals surface area contributed by atoms with E-state index in [1.54, 1.807) is 7.11 Å². The molecule has 0 spiro atoms. The molecule has 1 unspecified atom stereocenters. The molecule has 0 bridgehead atoms. The van der Waals surface area contributed by atoms with Crippen LogP contribution in [0.25, 0.3) is 10.8 Å². The minimum Gasteiger partial charge on any atom is -0.496 e. The second kappa shape index (κ2) is 6.26. The molecule has 0 aliphatic carbocycles. The molecule has 0 saturated carbocycles. The fraction of sp³-hybridized carbons (Fsp3) is 0.250. The van der Waals surface area contributed by atoms with E-state index >= 15 is 0 Å². The third kappa shape index (κ3) is 3.31. The zero-order valence-electron chi connectivity index (χ0n) is 11.9. The van der Waals surface area contributed by atoms with Gasteiger partial charge in [-0.3, -0.25) is 4.79 Å². The fourth-order valence-electron chi connectivity index (χ4n) is 2.37. The van der Waals surface area contributed by atoms with Crippen LogP contribution in [0.1, 0.15) is 12.5 Å². The molecule has 0 radical (unpaired) electrons. The molecule has 0 aliphatic heterocycles. The van der Waals surface area contributed by atoms with Crippen LogP contribution < -0.4 is 10.1 Å². The summed E-state index contributed by atoms with van der Waals surface area (Å²) in [6.07, 6.45) is 0.166. The van der Waals surface area contributed by atoms with Crippen LogP contribution in [-0.4, -0.2) is 30.1 Å². The number of fused-ring (bicyclic) bond motifs is 1. The van der Waals surface area contributed by atoms with Gasteiger partial charge in [-0.05, 0) is 16.8 Å². The summed E-state index contributed by atoms with van der Waals surface area (Å²) in [6, 6.07) is 10.4. The molecular weight excluding hydrogens is 270 g/mol. The number of amides is 1. The van der Waals surface area contributed by atoms with Gasteiger partial charge < -0.3 is 15.2 Å². The highest BCUT2D eigenvalue weighted by Crippen LogP contribution is 2.29. The van der Waals surface area contributed by atoms with Crippen molar-refractivity contribution in [2.24, 2.45) is 0 Å². The number of carbonyl (C=O) groups excluding carboxylic acids is 1. The number of rotatable bonds is 5. The lowest BCUT2D eigenvalue weighted by Crippen LogP contribution is -2.41. The smallest absolute Gasteiger partial charge is 0.326 e. The van der Waals surface area contributed by atoms with Crippen LogP contribution in [0.5, 0.6) is 5.75 Å². The monoisotopic (exact) mass is 287 g/mol. The summed E-state index contributed by atoms with van der Waals surface area (Å²) < 4.78 is 5.33. The Balaban J connectivity index is 2.47. The van der Waals surface area contributed by atoms with Gasteiger partial charge in [0.1, 0.15) is 11.8 Å². The van der Waals surface area contributed by atoms with Crippen LogP contribution in [0, 0.1) is 0 Å². The van der Waals surface area contributed by atoms with Crippen LogP contribution >= 0.6 is 0 Å². The summed E-state index contributed by atoms with van der Waals surface area (Å²) in [5.41, 5.74) is 0.775. The topological polar surface area (TPSA) is 75.6 Å². The first-order valence-electron chi connectivity index (χ1n) is 6.57. The largest absolute Gasteiger partial charge is 0.496 e. The zero-order valence-corrected chi connectivity index (χ0v) is 11.9. The number of methoxy groups -OCH3 is 1. The maximum absolute atomic E-state index is 11.3. The molecule has 2 aromatic rings. The lowest BCUT2D eigenvalue weighted by atomic mass is 9.97. The predicted molar refractivity (Wildman–Crippen MR) is 79.4 cm³/mol. The van der Waals surface area contributed by atoms with E-state index in [4.69, 9.17) is 4.74 Å². The maximum atomic E-state index is 11.3. The summed E-state index contributed by atoms with van der Waals surface area (Å²) in [5, 5.41) is 13.6. The SMILES string of the molecule is COc1ccc2ccccc2c1CC(NC(C)=O)C(=O)O. The van der Waals surface area contributed by atoms with Crippen molar-refractivity contribution in [2.45, 2.75) is 19.4 Å². The average Bonchev–Trinajstić information content (AvgIpc) is 2.46. The molecule has 21 heavy (non-hydrogen) atoms. The number of ether oxygens (including phenoxy) is 1. The second-order valence-corrected chi connectivity index (χ2v) is 4.76. The number of aliphatic carboxylic acids is 1. The lowest BCUT2D eigenvalue weighted by molar-refractivity contribution is -0.141. The van der Waals surface area contributed by atoms with Crippen molar-refractivity contribution in [1.29, 1.82) is 0 Å². The van der Waals surface area contributed by atoms with E-state index in [2.05, 4.69) is 5.32 Å². The minimum absolute atomic E-state index is 0.166. The first-order chi connectivity index (χ1) is 10.0. The molecule has 0 aliphatic rings. The molecule has 0 heterocycles. The van der Waals surface area contributed by atoms with Crippen LogP contribution in [0.15, 0.2) is 36.4 Å². The van der Waals surface area contributed by atoms with Gasteiger partial charge in [0.05, 0.1) is 7.11 Å². The molecule has 5 nitrogen and oxygen atoms in total. The van der Waals surface area contributed by atoms with Crippen molar-refractivity contribution in [3.8, 4) is 5.75 Å². The maximum Gasteiger partial charge on any atom is 0.326 e. The first-order valence-corrected chi connectivity index (χ1v) is 6.57. The van der Waals surface area contributed by atoms with Crippen molar-refractivity contribution < 1.29 is 19.4 Å². The van der Waals surface area contributed by atoms with E-state index in [1.807, 2.05) is 36.4 Å². The number of carboxylic acids is 1. The molecule has 2 rings (SSSR count). The quantitative estimate of drug-likeness (QED) is 0.881. The normalized spacial score (nSPS) is 11.9. The molecule has 0 aromatic heterocycles. The van der Waals surface area contributed by atoms with Gasteiger partial charge in [-0.25, -0.2) is 4.79 Å². The highest BCUT2D eigenvalue weighted by atomic mass is 16.5. The first kappa shape index (κ1) is 14.8. The third-order valence-corrected chi connectivity index (χ3v) is 3.30. The Morgan fingerprint density at radius 1 is 1.24 bits per heavy atom. The Bertz CT molecular complexity index is 681. The highest BCUT2D eigenvalue weighted by molar-refractivity contribution is 5.89. The zero-order chi connectivity index (χ0) is 15.4. The van der Waals surface area contributed by atoms with E-state index in [9.17, 15) is 14.7 Å². The molecule has 2 aromatic carbocycles. The molecule has 1 atom stereocenters. The van der Waals surface area contributed by atoms with E-state index < -0.39 is 12.0 Å². The molecular formula is C16H17NO4. The van der Waals surface area contributed by atoms with Gasteiger partial charge in [-0.15, -0.1) is 0 Å². The van der Waals surface area contributed by atoms with Gasteiger partial charge in [0.15, 0.2) is 0 Å². The van der Waals surface area contributed by atoms with E-state index in [0.717, 1.165) is 16.3 Å². The van der Waals surface area contributed by atoms with Gasteiger partial charge in [0.2, 0.25) is 5.91 Å². The minimum atomic E-state index is -1.07. The van der Waals surface area contributed by atoms with Crippen molar-refractivity contribution >= 4 is 22.6 Å². The molecule has 5 heteroatoms. The number of carbonyl (C=O) groups is 2. The standard InChI is InChI=1S/C16H17NO4/c1-10(18)17-14(16(19)20)9-13-12-6-4-3-5-11(12)7-8-15(13)21-2/h3-8,14H,9H2,1-2H3,(H,17,18)(H,19,20). The molecule has 0 fully saturated rings. The number of benzene rings is 2. The predicted octanol–water partition coefficient (Wildman–Crippen LogP) is 1.98. The van der Waals surface area contributed by atoms with Crippen molar-refractivity contribution in [3.63, 3.8) is 0 Å².